The molecule has 1 aliphatic heterocycles. The summed E-state index contributed by atoms with van der Waals surface area (Å²) < 4.78 is 26.7. The number of phenols is 1. The lowest BCUT2D eigenvalue weighted by Crippen LogP contribution is -2.36. The summed E-state index contributed by atoms with van der Waals surface area (Å²) in [6.07, 6.45) is 3.47. The van der Waals surface area contributed by atoms with Crippen molar-refractivity contribution < 1.29 is 19.0 Å². The number of hydrogen-bond donors (Lipinski definition) is 2. The van der Waals surface area contributed by atoms with E-state index in [4.69, 9.17) is 9.47 Å². The first-order valence-corrected chi connectivity index (χ1v) is 10.2. The Morgan fingerprint density at radius 1 is 1.16 bits per heavy atom. The lowest BCUT2D eigenvalue weighted by molar-refractivity contribution is 0.122. The fourth-order valence-electron chi connectivity index (χ4n) is 3.79. The summed E-state index contributed by atoms with van der Waals surface area (Å²) in [5.74, 6) is -0.205. The highest BCUT2D eigenvalue weighted by atomic mass is 19.1. The van der Waals surface area contributed by atoms with Gasteiger partial charge in [-0.25, -0.2) is 14.4 Å². The molecular weight excluding hydrogens is 413 g/mol. The van der Waals surface area contributed by atoms with Crippen molar-refractivity contribution in [2.45, 2.75) is 0 Å². The molecule has 8 nitrogen and oxygen atoms in total. The number of morpholine rings is 1. The molecule has 5 rings (SSSR count). The summed E-state index contributed by atoms with van der Waals surface area (Å²) >= 11 is 0. The maximum atomic E-state index is 14.3. The summed E-state index contributed by atoms with van der Waals surface area (Å²) in [5, 5.41) is 13.3. The van der Waals surface area contributed by atoms with Crippen molar-refractivity contribution >= 4 is 23.0 Å². The summed E-state index contributed by atoms with van der Waals surface area (Å²) in [4.78, 5) is 11.2. The summed E-state index contributed by atoms with van der Waals surface area (Å²) in [5.41, 5.74) is 2.91. The third kappa shape index (κ3) is 3.67. The minimum atomic E-state index is -0.787. The number of benzene rings is 2. The maximum Gasteiger partial charge on any atom is 0.235 e. The lowest BCUT2D eigenvalue weighted by Gasteiger charge is -2.28. The number of anilines is 3. The molecule has 32 heavy (non-hydrogen) atoms. The number of halogens is 1. The first-order chi connectivity index (χ1) is 15.6. The van der Waals surface area contributed by atoms with Crippen molar-refractivity contribution in [2.24, 2.45) is 0 Å². The largest absolute Gasteiger partial charge is 0.502 e. The van der Waals surface area contributed by atoms with Crippen LogP contribution in [0.4, 0.5) is 21.6 Å². The number of hydrogen-bond acceptors (Lipinski definition) is 7. The minimum absolute atomic E-state index is 0.0332. The van der Waals surface area contributed by atoms with Crippen LogP contribution in [0.5, 0.6) is 11.5 Å². The number of aromatic nitrogens is 3. The average Bonchev–Trinajstić information content (AvgIpc) is 3.20. The van der Waals surface area contributed by atoms with Crippen LogP contribution in [-0.2, 0) is 4.74 Å². The highest BCUT2D eigenvalue weighted by Gasteiger charge is 2.19. The molecular formula is C23H22FN5O3. The van der Waals surface area contributed by atoms with Gasteiger partial charge in [-0.3, -0.25) is 4.40 Å². The lowest BCUT2D eigenvalue weighted by atomic mass is 10.1. The van der Waals surface area contributed by atoms with E-state index >= 15 is 0 Å². The summed E-state index contributed by atoms with van der Waals surface area (Å²) in [6, 6.07) is 12.7. The first-order valence-electron chi connectivity index (χ1n) is 10.2. The maximum absolute atomic E-state index is 14.3. The second-order valence-electron chi connectivity index (χ2n) is 7.38. The van der Waals surface area contributed by atoms with Gasteiger partial charge >= 0.3 is 0 Å². The van der Waals surface area contributed by atoms with Gasteiger partial charge in [0.05, 0.1) is 20.3 Å². The van der Waals surface area contributed by atoms with E-state index in [-0.39, 0.29) is 5.75 Å². The van der Waals surface area contributed by atoms with Gasteiger partial charge in [0.15, 0.2) is 17.3 Å². The van der Waals surface area contributed by atoms with E-state index in [0.29, 0.717) is 22.9 Å². The molecule has 0 radical (unpaired) electrons. The van der Waals surface area contributed by atoms with Crippen LogP contribution < -0.4 is 15.0 Å². The van der Waals surface area contributed by atoms with Gasteiger partial charge in [0.2, 0.25) is 5.78 Å². The SMILES string of the molecule is COc1cc(-c2nc3ncccn3c2Nc2ccc(N3CCOCC3)cc2)cc(F)c1O. The molecule has 164 valence electrons. The molecule has 1 aliphatic rings. The molecule has 0 bridgehead atoms. The molecule has 0 amide bonds. The van der Waals surface area contributed by atoms with E-state index in [1.807, 2.05) is 18.3 Å². The Kier molecular flexibility index (Phi) is 5.24. The zero-order valence-corrected chi connectivity index (χ0v) is 17.5. The number of rotatable bonds is 5. The van der Waals surface area contributed by atoms with E-state index in [0.717, 1.165) is 37.7 Å². The van der Waals surface area contributed by atoms with Gasteiger partial charge < -0.3 is 24.8 Å². The average molecular weight is 435 g/mol. The predicted molar refractivity (Wildman–Crippen MR) is 119 cm³/mol. The van der Waals surface area contributed by atoms with Crippen molar-refractivity contribution in [3.8, 4) is 22.8 Å². The normalized spacial score (nSPS) is 14.0. The molecule has 2 aromatic carbocycles. The van der Waals surface area contributed by atoms with Crippen LogP contribution in [0.15, 0.2) is 54.9 Å². The number of fused-ring (bicyclic) bond motifs is 1. The van der Waals surface area contributed by atoms with Crippen molar-refractivity contribution in [3.63, 3.8) is 0 Å². The number of ether oxygens (including phenoxy) is 2. The van der Waals surface area contributed by atoms with Crippen molar-refractivity contribution in [2.75, 3.05) is 43.6 Å². The Bertz CT molecular complexity index is 1250. The number of phenolic OH excluding ortho intramolecular Hbond substituents is 1. The molecule has 2 N–H and O–H groups in total. The highest BCUT2D eigenvalue weighted by molar-refractivity contribution is 5.80. The second kappa shape index (κ2) is 8.35. The quantitative estimate of drug-likeness (QED) is 0.493. The standard InChI is InChI=1S/C23H22FN5O3/c1-31-19-14-15(13-18(24)21(19)30)20-22(29-8-2-7-25-23(29)27-20)26-16-3-5-17(6-4-16)28-9-11-32-12-10-28/h2-8,13-14,26,30H,9-12H2,1H3. The van der Waals surface area contributed by atoms with E-state index < -0.39 is 11.6 Å². The van der Waals surface area contributed by atoms with Crippen LogP contribution in [0.1, 0.15) is 0 Å². The van der Waals surface area contributed by atoms with Crippen LogP contribution in [0.2, 0.25) is 0 Å². The molecule has 0 spiro atoms. The van der Waals surface area contributed by atoms with Gasteiger partial charge in [0.25, 0.3) is 0 Å². The molecule has 3 heterocycles. The fraction of sp³-hybridized carbons (Fsp3) is 0.217. The van der Waals surface area contributed by atoms with Crippen LogP contribution >= 0.6 is 0 Å². The third-order valence-corrected chi connectivity index (χ3v) is 5.43. The highest BCUT2D eigenvalue weighted by Crippen LogP contribution is 2.37. The van der Waals surface area contributed by atoms with E-state index in [9.17, 15) is 9.50 Å². The Hall–Kier alpha value is -3.85. The molecule has 0 aliphatic carbocycles. The molecule has 2 aromatic heterocycles. The monoisotopic (exact) mass is 435 g/mol. The van der Waals surface area contributed by atoms with Crippen LogP contribution in [0.3, 0.4) is 0 Å². The zero-order chi connectivity index (χ0) is 22.1. The van der Waals surface area contributed by atoms with Crippen molar-refractivity contribution in [1.82, 2.24) is 14.4 Å². The first kappa shape index (κ1) is 20.1. The Morgan fingerprint density at radius 2 is 1.94 bits per heavy atom. The van der Waals surface area contributed by atoms with Gasteiger partial charge in [-0.1, -0.05) is 0 Å². The third-order valence-electron chi connectivity index (χ3n) is 5.43. The summed E-state index contributed by atoms with van der Waals surface area (Å²) in [7, 11) is 1.37. The molecule has 0 saturated carbocycles. The van der Waals surface area contributed by atoms with Gasteiger partial charge in [-0.2, -0.15) is 0 Å². The number of aromatic hydroxyl groups is 1. The Morgan fingerprint density at radius 3 is 2.69 bits per heavy atom. The van der Waals surface area contributed by atoms with Crippen molar-refractivity contribution in [3.05, 3.63) is 60.7 Å². The fourth-order valence-corrected chi connectivity index (χ4v) is 3.79. The molecule has 1 saturated heterocycles. The van der Waals surface area contributed by atoms with Crippen molar-refractivity contribution in [1.29, 1.82) is 0 Å². The molecule has 0 atom stereocenters. The summed E-state index contributed by atoms with van der Waals surface area (Å²) in [6.45, 7) is 3.18. The van der Waals surface area contributed by atoms with E-state index in [2.05, 4.69) is 32.3 Å². The number of imidazole rings is 1. The smallest absolute Gasteiger partial charge is 0.235 e. The topological polar surface area (TPSA) is 84.2 Å². The van der Waals surface area contributed by atoms with Gasteiger partial charge in [-0.05, 0) is 42.5 Å². The predicted octanol–water partition coefficient (Wildman–Crippen LogP) is 3.83. The van der Waals surface area contributed by atoms with E-state index in [1.165, 1.54) is 13.2 Å². The molecule has 0 unspecified atom stereocenters. The van der Waals surface area contributed by atoms with Crippen LogP contribution in [0, 0.1) is 5.82 Å². The van der Waals surface area contributed by atoms with Gasteiger partial charge in [0, 0.05) is 42.4 Å². The Balaban J connectivity index is 1.53. The second-order valence-corrected chi connectivity index (χ2v) is 7.38. The zero-order valence-electron chi connectivity index (χ0n) is 17.5. The van der Waals surface area contributed by atoms with Gasteiger partial charge in [0.1, 0.15) is 11.5 Å². The van der Waals surface area contributed by atoms with Crippen LogP contribution in [0.25, 0.3) is 17.0 Å². The van der Waals surface area contributed by atoms with E-state index in [1.54, 1.807) is 22.7 Å². The Labute approximate surface area is 183 Å². The van der Waals surface area contributed by atoms with Gasteiger partial charge in [-0.15, -0.1) is 0 Å². The minimum Gasteiger partial charge on any atom is -0.502 e. The molecule has 9 heteroatoms. The number of nitrogens with one attached hydrogen (secondary N) is 1. The van der Waals surface area contributed by atoms with Crippen LogP contribution in [-0.4, -0.2) is 52.9 Å². The number of methoxy groups -OCH3 is 1. The number of nitrogens with zero attached hydrogens (tertiary/aromatic N) is 4. The molecule has 4 aromatic rings. The molecule has 1 fully saturated rings.